The number of phenols is 1. The van der Waals surface area contributed by atoms with Gasteiger partial charge in [-0.15, -0.1) is 0 Å². The molecule has 5 nitrogen and oxygen atoms in total. The molecular weight excluding hydrogens is 254 g/mol. The Hall–Kier alpha value is -1.75. The lowest BCUT2D eigenvalue weighted by Crippen LogP contribution is -2.52. The molecule has 2 atom stereocenters. The van der Waals surface area contributed by atoms with E-state index in [0.29, 0.717) is 17.6 Å². The minimum atomic E-state index is -0.147. The van der Waals surface area contributed by atoms with E-state index in [1.807, 2.05) is 13.1 Å². The summed E-state index contributed by atoms with van der Waals surface area (Å²) in [5, 5.41) is 12.6. The summed E-state index contributed by atoms with van der Waals surface area (Å²) >= 11 is 0. The number of carbonyl (C=O) groups is 1. The summed E-state index contributed by atoms with van der Waals surface area (Å²) in [6.45, 7) is 1.05. The predicted octanol–water partition coefficient (Wildman–Crippen LogP) is 1.34. The molecule has 2 aliphatic heterocycles. The fraction of sp³-hybridized carbons (Fsp3) is 0.533. The maximum absolute atomic E-state index is 12.1. The second-order valence-corrected chi connectivity index (χ2v) is 5.80. The number of fused-ring (bicyclic) bond motifs is 4. The number of aromatic hydroxyl groups is 1. The number of carbonyl (C=O) groups excluding carboxylic acids is 1. The maximum atomic E-state index is 12.1. The van der Waals surface area contributed by atoms with Gasteiger partial charge < -0.3 is 15.3 Å². The molecule has 0 saturated carbocycles. The molecular formula is C15H21N3O2. The molecule has 0 spiro atoms. The van der Waals surface area contributed by atoms with Crippen LogP contribution < -0.4 is 10.2 Å². The molecule has 0 radical (unpaired) electrons. The summed E-state index contributed by atoms with van der Waals surface area (Å²) in [6.07, 6.45) is 2.45. The van der Waals surface area contributed by atoms with Gasteiger partial charge in [0, 0.05) is 20.6 Å². The second kappa shape index (κ2) is 4.66. The molecule has 5 heteroatoms. The quantitative estimate of drug-likeness (QED) is 0.812. The van der Waals surface area contributed by atoms with Crippen molar-refractivity contribution in [2.24, 2.45) is 0 Å². The highest BCUT2D eigenvalue weighted by Crippen LogP contribution is 2.46. The Morgan fingerprint density at radius 1 is 1.40 bits per heavy atom. The first-order valence-corrected chi connectivity index (χ1v) is 7.05. The van der Waals surface area contributed by atoms with Crippen molar-refractivity contribution in [3.63, 3.8) is 0 Å². The largest absolute Gasteiger partial charge is 0.508 e. The Balaban J connectivity index is 2.18. The van der Waals surface area contributed by atoms with E-state index in [2.05, 4.69) is 22.2 Å². The smallest absolute Gasteiger partial charge is 0.253 e. The number of likely N-dealkylation sites (tertiary alicyclic amines) is 1. The van der Waals surface area contributed by atoms with Gasteiger partial charge in [-0.05, 0) is 43.5 Å². The van der Waals surface area contributed by atoms with Crippen LogP contribution in [-0.4, -0.2) is 49.8 Å². The van der Waals surface area contributed by atoms with Crippen molar-refractivity contribution in [1.29, 1.82) is 0 Å². The van der Waals surface area contributed by atoms with Gasteiger partial charge in [-0.1, -0.05) is 0 Å². The van der Waals surface area contributed by atoms with E-state index in [4.69, 9.17) is 0 Å². The van der Waals surface area contributed by atoms with Crippen molar-refractivity contribution in [2.75, 3.05) is 32.6 Å². The zero-order valence-electron chi connectivity index (χ0n) is 12.2. The summed E-state index contributed by atoms with van der Waals surface area (Å²) in [5.74, 6) is 0.456. The topological polar surface area (TPSA) is 55.8 Å². The number of hydrogen-bond donors (Lipinski definition) is 2. The number of piperidine rings is 1. The van der Waals surface area contributed by atoms with E-state index in [1.165, 1.54) is 0 Å². The van der Waals surface area contributed by atoms with Gasteiger partial charge >= 0.3 is 0 Å². The summed E-state index contributed by atoms with van der Waals surface area (Å²) in [6, 6.07) is 3.39. The van der Waals surface area contributed by atoms with Gasteiger partial charge in [0.25, 0.3) is 5.91 Å². The van der Waals surface area contributed by atoms with Gasteiger partial charge in [-0.2, -0.15) is 0 Å². The van der Waals surface area contributed by atoms with Crippen LogP contribution in [0.5, 0.6) is 5.75 Å². The van der Waals surface area contributed by atoms with Crippen LogP contribution in [0.2, 0.25) is 0 Å². The van der Waals surface area contributed by atoms with E-state index in [9.17, 15) is 9.90 Å². The monoisotopic (exact) mass is 275 g/mol. The molecule has 1 fully saturated rings. The third-order valence-corrected chi connectivity index (χ3v) is 4.67. The lowest BCUT2D eigenvalue weighted by molar-refractivity contribution is 0.0961. The SMILES string of the molecule is CNC(=O)c1cc(O)cc2c1N(C)C1CC2CCN1C. The molecule has 0 aliphatic carbocycles. The van der Waals surface area contributed by atoms with Gasteiger partial charge in [-0.25, -0.2) is 0 Å². The first kappa shape index (κ1) is 13.2. The molecule has 0 aromatic heterocycles. The highest BCUT2D eigenvalue weighted by Gasteiger charge is 2.38. The number of phenolic OH excluding ortho intramolecular Hbond substituents is 1. The fourth-order valence-electron chi connectivity index (χ4n) is 3.60. The summed E-state index contributed by atoms with van der Waals surface area (Å²) < 4.78 is 0. The average molecular weight is 275 g/mol. The fourth-order valence-corrected chi connectivity index (χ4v) is 3.60. The number of benzene rings is 1. The Kier molecular flexibility index (Phi) is 3.09. The third kappa shape index (κ3) is 1.85. The lowest BCUT2D eigenvalue weighted by atomic mass is 9.81. The van der Waals surface area contributed by atoms with E-state index >= 15 is 0 Å². The Morgan fingerprint density at radius 3 is 2.85 bits per heavy atom. The highest BCUT2D eigenvalue weighted by molar-refractivity contribution is 6.01. The van der Waals surface area contributed by atoms with Crippen molar-refractivity contribution in [3.05, 3.63) is 23.3 Å². The third-order valence-electron chi connectivity index (χ3n) is 4.67. The van der Waals surface area contributed by atoms with Gasteiger partial charge in [0.15, 0.2) is 0 Å². The van der Waals surface area contributed by atoms with E-state index in [-0.39, 0.29) is 11.7 Å². The molecule has 108 valence electrons. The van der Waals surface area contributed by atoms with Crippen LogP contribution in [0.15, 0.2) is 12.1 Å². The molecule has 1 saturated heterocycles. The zero-order chi connectivity index (χ0) is 14.4. The highest BCUT2D eigenvalue weighted by atomic mass is 16.3. The number of rotatable bonds is 1. The number of nitrogens with zero attached hydrogens (tertiary/aromatic N) is 2. The summed E-state index contributed by atoms with van der Waals surface area (Å²) in [4.78, 5) is 16.6. The first-order chi connectivity index (χ1) is 9.52. The predicted molar refractivity (Wildman–Crippen MR) is 78.3 cm³/mol. The Labute approximate surface area is 119 Å². The molecule has 2 heterocycles. The van der Waals surface area contributed by atoms with Crippen molar-refractivity contribution in [2.45, 2.75) is 24.9 Å². The normalized spacial score (nSPS) is 25.2. The molecule has 1 amide bonds. The number of hydrogen-bond acceptors (Lipinski definition) is 4. The van der Waals surface area contributed by atoms with Crippen LogP contribution in [0.25, 0.3) is 0 Å². The van der Waals surface area contributed by atoms with Crippen molar-refractivity contribution in [3.8, 4) is 5.75 Å². The molecule has 2 bridgehead atoms. The molecule has 1 aromatic rings. The van der Waals surface area contributed by atoms with Gasteiger partial charge in [-0.3, -0.25) is 9.69 Å². The van der Waals surface area contributed by atoms with Gasteiger partial charge in [0.2, 0.25) is 0 Å². The zero-order valence-corrected chi connectivity index (χ0v) is 12.2. The van der Waals surface area contributed by atoms with Crippen LogP contribution in [0.4, 0.5) is 5.69 Å². The molecule has 3 rings (SSSR count). The van der Waals surface area contributed by atoms with Crippen LogP contribution in [0, 0.1) is 0 Å². The van der Waals surface area contributed by atoms with Crippen LogP contribution >= 0.6 is 0 Å². The standard InChI is InChI=1S/C15H21N3O2/c1-16-15(20)12-8-10(19)7-11-9-4-5-17(2)13(6-9)18(3)14(11)12/h7-9,13,19H,4-6H2,1-3H3,(H,16,20). The van der Waals surface area contributed by atoms with Crippen LogP contribution in [-0.2, 0) is 0 Å². The number of amides is 1. The summed E-state index contributed by atoms with van der Waals surface area (Å²) in [5.41, 5.74) is 2.64. The van der Waals surface area contributed by atoms with Gasteiger partial charge in [0.1, 0.15) is 5.75 Å². The van der Waals surface area contributed by atoms with E-state index in [1.54, 1.807) is 13.1 Å². The van der Waals surface area contributed by atoms with E-state index in [0.717, 1.165) is 30.6 Å². The molecule has 2 N–H and O–H groups in total. The molecule has 20 heavy (non-hydrogen) atoms. The second-order valence-electron chi connectivity index (χ2n) is 5.80. The molecule has 1 aromatic carbocycles. The van der Waals surface area contributed by atoms with Gasteiger partial charge in [0.05, 0.1) is 17.4 Å². The molecule has 2 aliphatic rings. The minimum absolute atomic E-state index is 0.147. The minimum Gasteiger partial charge on any atom is -0.508 e. The van der Waals surface area contributed by atoms with E-state index < -0.39 is 0 Å². The number of nitrogens with one attached hydrogen (secondary N) is 1. The lowest BCUT2D eigenvalue weighted by Gasteiger charge is -2.48. The van der Waals surface area contributed by atoms with Crippen molar-refractivity contribution in [1.82, 2.24) is 10.2 Å². The van der Waals surface area contributed by atoms with Crippen LogP contribution in [0.1, 0.15) is 34.7 Å². The summed E-state index contributed by atoms with van der Waals surface area (Å²) in [7, 11) is 5.78. The number of anilines is 1. The average Bonchev–Trinajstić information content (AvgIpc) is 2.44. The van der Waals surface area contributed by atoms with Crippen molar-refractivity contribution < 1.29 is 9.90 Å². The molecule has 2 unspecified atom stereocenters. The first-order valence-electron chi connectivity index (χ1n) is 7.05. The van der Waals surface area contributed by atoms with Crippen LogP contribution in [0.3, 0.4) is 0 Å². The Bertz CT molecular complexity index is 558. The Morgan fingerprint density at radius 2 is 2.15 bits per heavy atom. The van der Waals surface area contributed by atoms with Crippen molar-refractivity contribution >= 4 is 11.6 Å². The maximum Gasteiger partial charge on any atom is 0.253 e.